The molecule has 0 saturated carbocycles. The second kappa shape index (κ2) is 7.99. The highest BCUT2D eigenvalue weighted by molar-refractivity contribution is 5.45. The molecule has 1 fully saturated rings. The summed E-state index contributed by atoms with van der Waals surface area (Å²) in [5.41, 5.74) is 1.26. The predicted molar refractivity (Wildman–Crippen MR) is 92.2 cm³/mol. The van der Waals surface area contributed by atoms with Crippen LogP contribution >= 0.6 is 0 Å². The van der Waals surface area contributed by atoms with Crippen LogP contribution in [-0.4, -0.2) is 62.9 Å². The van der Waals surface area contributed by atoms with Crippen molar-refractivity contribution in [3.8, 4) is 11.5 Å². The van der Waals surface area contributed by atoms with Gasteiger partial charge in [-0.3, -0.25) is 0 Å². The fourth-order valence-corrected chi connectivity index (χ4v) is 3.25. The summed E-state index contributed by atoms with van der Waals surface area (Å²) in [4.78, 5) is 5.02. The van der Waals surface area contributed by atoms with Gasteiger partial charge >= 0.3 is 0 Å². The maximum Gasteiger partial charge on any atom is 0.231 e. The summed E-state index contributed by atoms with van der Waals surface area (Å²) >= 11 is 0. The van der Waals surface area contributed by atoms with E-state index in [0.29, 0.717) is 12.8 Å². The summed E-state index contributed by atoms with van der Waals surface area (Å²) < 4.78 is 10.8. The van der Waals surface area contributed by atoms with Gasteiger partial charge in [-0.2, -0.15) is 0 Å². The van der Waals surface area contributed by atoms with Gasteiger partial charge in [-0.05, 0) is 70.7 Å². The third kappa shape index (κ3) is 4.59. The van der Waals surface area contributed by atoms with Gasteiger partial charge in [-0.1, -0.05) is 6.07 Å². The Morgan fingerprint density at radius 1 is 1.13 bits per heavy atom. The number of rotatable bonds is 6. The van der Waals surface area contributed by atoms with Gasteiger partial charge in [-0.25, -0.2) is 0 Å². The van der Waals surface area contributed by atoms with E-state index in [1.54, 1.807) is 0 Å². The van der Waals surface area contributed by atoms with Crippen LogP contribution in [0.25, 0.3) is 0 Å². The third-order valence-corrected chi connectivity index (χ3v) is 4.81. The van der Waals surface area contributed by atoms with E-state index < -0.39 is 0 Å². The van der Waals surface area contributed by atoms with Crippen molar-refractivity contribution < 1.29 is 9.47 Å². The van der Waals surface area contributed by atoms with Crippen molar-refractivity contribution in [2.45, 2.75) is 25.8 Å². The third-order valence-electron chi connectivity index (χ3n) is 4.81. The summed E-state index contributed by atoms with van der Waals surface area (Å²) in [6.07, 6.45) is 2.48. The van der Waals surface area contributed by atoms with Crippen LogP contribution in [0.3, 0.4) is 0 Å². The fourth-order valence-electron chi connectivity index (χ4n) is 3.25. The molecule has 128 valence electrons. The molecule has 0 aromatic heterocycles. The fraction of sp³-hybridized carbons (Fsp3) is 0.667. The van der Waals surface area contributed by atoms with Crippen molar-refractivity contribution >= 4 is 0 Å². The number of nitrogens with one attached hydrogen (secondary N) is 1. The van der Waals surface area contributed by atoms with E-state index in [9.17, 15) is 0 Å². The van der Waals surface area contributed by atoms with E-state index >= 15 is 0 Å². The highest BCUT2D eigenvalue weighted by Gasteiger charge is 2.16. The molecule has 2 heterocycles. The Morgan fingerprint density at radius 3 is 2.91 bits per heavy atom. The first-order valence-corrected chi connectivity index (χ1v) is 8.76. The molecule has 0 aliphatic carbocycles. The molecule has 23 heavy (non-hydrogen) atoms. The van der Waals surface area contributed by atoms with Crippen molar-refractivity contribution in [3.05, 3.63) is 23.8 Å². The van der Waals surface area contributed by atoms with E-state index in [1.807, 2.05) is 6.07 Å². The van der Waals surface area contributed by atoms with Crippen molar-refractivity contribution in [2.75, 3.05) is 53.1 Å². The quantitative estimate of drug-likeness (QED) is 0.813. The monoisotopic (exact) mass is 319 g/mol. The molecule has 1 aromatic carbocycles. The zero-order valence-electron chi connectivity index (χ0n) is 14.4. The summed E-state index contributed by atoms with van der Waals surface area (Å²) in [5.74, 6) is 1.72. The highest BCUT2D eigenvalue weighted by atomic mass is 16.7. The lowest BCUT2D eigenvalue weighted by Crippen LogP contribution is -2.31. The molecule has 2 aliphatic rings. The van der Waals surface area contributed by atoms with Gasteiger partial charge in [0.05, 0.1) is 0 Å². The number of benzene rings is 1. The minimum Gasteiger partial charge on any atom is -0.454 e. The maximum atomic E-state index is 5.45. The molecule has 5 nitrogen and oxygen atoms in total. The van der Waals surface area contributed by atoms with Crippen molar-refractivity contribution in [3.63, 3.8) is 0 Å². The van der Waals surface area contributed by atoms with Gasteiger partial charge in [-0.15, -0.1) is 0 Å². The van der Waals surface area contributed by atoms with Crippen molar-refractivity contribution in [1.29, 1.82) is 0 Å². The number of hydrogen-bond acceptors (Lipinski definition) is 5. The molecule has 2 aliphatic heterocycles. The molecule has 5 heteroatoms. The number of fused-ring (bicyclic) bond motifs is 1. The molecule has 1 atom stereocenters. The van der Waals surface area contributed by atoms with Crippen LogP contribution in [0.4, 0.5) is 0 Å². The Labute approximate surface area is 139 Å². The molecule has 0 bridgehead atoms. The van der Waals surface area contributed by atoms with Gasteiger partial charge < -0.3 is 24.6 Å². The number of ether oxygens (including phenoxy) is 2. The maximum absolute atomic E-state index is 5.45. The van der Waals surface area contributed by atoms with Gasteiger partial charge in [0, 0.05) is 19.1 Å². The smallest absolute Gasteiger partial charge is 0.231 e. The Kier molecular flexibility index (Phi) is 5.75. The number of likely N-dealkylation sites (N-methyl/N-ethyl adjacent to an activating group) is 1. The lowest BCUT2D eigenvalue weighted by Gasteiger charge is -2.21. The molecule has 0 unspecified atom stereocenters. The van der Waals surface area contributed by atoms with Crippen LogP contribution in [-0.2, 0) is 0 Å². The molecule has 3 rings (SSSR count). The zero-order chi connectivity index (χ0) is 16.1. The van der Waals surface area contributed by atoms with Crippen LogP contribution in [0.15, 0.2) is 18.2 Å². The first kappa shape index (κ1) is 16.6. The van der Waals surface area contributed by atoms with Crippen molar-refractivity contribution in [2.24, 2.45) is 0 Å². The minimum absolute atomic E-state index is 0.333. The highest BCUT2D eigenvalue weighted by Crippen LogP contribution is 2.34. The van der Waals surface area contributed by atoms with Gasteiger partial charge in [0.1, 0.15) is 0 Å². The zero-order valence-corrected chi connectivity index (χ0v) is 14.4. The van der Waals surface area contributed by atoms with E-state index in [2.05, 4.69) is 41.2 Å². The van der Waals surface area contributed by atoms with Crippen LogP contribution in [0.1, 0.15) is 31.4 Å². The average molecular weight is 319 g/mol. The molecule has 1 saturated heterocycles. The van der Waals surface area contributed by atoms with Gasteiger partial charge in [0.2, 0.25) is 6.79 Å². The van der Waals surface area contributed by atoms with Crippen LogP contribution in [0, 0.1) is 0 Å². The molecule has 1 aromatic rings. The lowest BCUT2D eigenvalue weighted by molar-refractivity contribution is 0.174. The molecule has 0 spiro atoms. The predicted octanol–water partition coefficient (Wildman–Crippen LogP) is 2.09. The Hall–Kier alpha value is -1.30. The SMILES string of the molecule is C[C@H](NCCCN1CCCN(C)CC1)c1ccc2c(c1)OCO2. The number of hydrogen-bond donors (Lipinski definition) is 1. The Bertz CT molecular complexity index is 509. The minimum atomic E-state index is 0.333. The van der Waals surface area contributed by atoms with E-state index in [0.717, 1.165) is 18.0 Å². The lowest BCUT2D eigenvalue weighted by atomic mass is 10.1. The molecule has 0 radical (unpaired) electrons. The topological polar surface area (TPSA) is 37.0 Å². The normalized spacial score (nSPS) is 20.4. The molecule has 1 N–H and O–H groups in total. The molecule has 0 amide bonds. The summed E-state index contributed by atoms with van der Waals surface area (Å²) in [5, 5.41) is 3.62. The second-order valence-corrected chi connectivity index (χ2v) is 6.64. The molecular weight excluding hydrogens is 290 g/mol. The number of nitrogens with zero attached hydrogens (tertiary/aromatic N) is 2. The second-order valence-electron chi connectivity index (χ2n) is 6.64. The van der Waals surface area contributed by atoms with E-state index in [-0.39, 0.29) is 0 Å². The summed E-state index contributed by atoms with van der Waals surface area (Å²) in [6, 6.07) is 6.55. The van der Waals surface area contributed by atoms with Gasteiger partial charge in [0.15, 0.2) is 11.5 Å². The largest absolute Gasteiger partial charge is 0.454 e. The van der Waals surface area contributed by atoms with E-state index in [4.69, 9.17) is 9.47 Å². The standard InChI is InChI=1S/C18H29N3O2/c1-15(16-5-6-17-18(13-16)23-14-22-17)19-7-3-9-21-10-4-8-20(2)11-12-21/h5-6,13,15,19H,3-4,7-12,14H2,1-2H3/t15-/m0/s1. The Balaban J connectivity index is 1.38. The molecular formula is C18H29N3O2. The summed E-state index contributed by atoms with van der Waals surface area (Å²) in [6.45, 7) is 9.65. The van der Waals surface area contributed by atoms with Crippen molar-refractivity contribution in [1.82, 2.24) is 15.1 Å². The first-order valence-electron chi connectivity index (χ1n) is 8.76. The summed E-state index contributed by atoms with van der Waals surface area (Å²) in [7, 11) is 2.22. The van der Waals surface area contributed by atoms with Crippen LogP contribution < -0.4 is 14.8 Å². The van der Waals surface area contributed by atoms with E-state index in [1.165, 1.54) is 51.1 Å². The van der Waals surface area contributed by atoms with Crippen LogP contribution in [0.2, 0.25) is 0 Å². The first-order chi connectivity index (χ1) is 11.2. The Morgan fingerprint density at radius 2 is 2.00 bits per heavy atom. The average Bonchev–Trinajstić information content (AvgIpc) is 2.93. The van der Waals surface area contributed by atoms with Crippen LogP contribution in [0.5, 0.6) is 11.5 Å². The van der Waals surface area contributed by atoms with Gasteiger partial charge in [0.25, 0.3) is 0 Å².